The third kappa shape index (κ3) is 1.97. The van der Waals surface area contributed by atoms with Crippen molar-refractivity contribution in [2.24, 2.45) is 0 Å². The Hall–Kier alpha value is -2.57. The number of aldehydes is 1. The number of carbonyl (C=O) groups excluding carboxylic acids is 1. The molecule has 2 aromatic rings. The Morgan fingerprint density at radius 3 is 2.50 bits per heavy atom. The van der Waals surface area contributed by atoms with Crippen molar-refractivity contribution >= 4 is 12.3 Å². The van der Waals surface area contributed by atoms with Crippen molar-refractivity contribution in [1.82, 2.24) is 5.16 Å². The van der Waals surface area contributed by atoms with Gasteiger partial charge in [0.2, 0.25) is 5.76 Å². The van der Waals surface area contributed by atoms with Gasteiger partial charge in [0.05, 0.1) is 0 Å². The summed E-state index contributed by atoms with van der Waals surface area (Å²) in [4.78, 5) is 21.3. The quantitative estimate of drug-likeness (QED) is 0.847. The second-order valence-corrected chi connectivity index (χ2v) is 3.35. The molecule has 18 heavy (non-hydrogen) atoms. The molecule has 0 aliphatic carbocycles. The molecule has 7 heteroatoms. The lowest BCUT2D eigenvalue weighted by molar-refractivity contribution is 0.0652. The van der Waals surface area contributed by atoms with Crippen LogP contribution in [0.1, 0.15) is 20.9 Å². The fraction of sp³-hybridized carbons (Fsp3) is 0. The number of benzene rings is 1. The molecule has 0 saturated heterocycles. The standard InChI is InChI=1S/C11H5F2NO4/c12-7-1-5(4-15)6(2-8(7)13)9-3-10(11(16)17)18-14-9/h1-4H,(H,16,17). The van der Waals surface area contributed by atoms with Gasteiger partial charge in [0, 0.05) is 17.2 Å². The van der Waals surface area contributed by atoms with Crippen LogP contribution in [0.15, 0.2) is 22.7 Å². The highest BCUT2D eigenvalue weighted by Gasteiger charge is 2.17. The van der Waals surface area contributed by atoms with Crippen molar-refractivity contribution in [2.45, 2.75) is 0 Å². The average molecular weight is 253 g/mol. The lowest BCUT2D eigenvalue weighted by atomic mass is 10.0. The van der Waals surface area contributed by atoms with Gasteiger partial charge in [0.15, 0.2) is 17.9 Å². The summed E-state index contributed by atoms with van der Waals surface area (Å²) < 4.78 is 30.5. The number of hydrogen-bond acceptors (Lipinski definition) is 4. The zero-order chi connectivity index (χ0) is 13.3. The van der Waals surface area contributed by atoms with Crippen LogP contribution in [0.5, 0.6) is 0 Å². The highest BCUT2D eigenvalue weighted by Crippen LogP contribution is 2.25. The normalized spacial score (nSPS) is 10.3. The Morgan fingerprint density at radius 1 is 1.28 bits per heavy atom. The van der Waals surface area contributed by atoms with E-state index in [2.05, 4.69) is 9.68 Å². The van der Waals surface area contributed by atoms with Crippen molar-refractivity contribution in [3.8, 4) is 11.3 Å². The van der Waals surface area contributed by atoms with E-state index in [1.165, 1.54) is 0 Å². The maximum absolute atomic E-state index is 13.1. The van der Waals surface area contributed by atoms with E-state index in [-0.39, 0.29) is 16.8 Å². The number of aromatic carboxylic acids is 1. The summed E-state index contributed by atoms with van der Waals surface area (Å²) >= 11 is 0. The highest BCUT2D eigenvalue weighted by molar-refractivity contribution is 5.89. The Kier molecular flexibility index (Phi) is 2.88. The van der Waals surface area contributed by atoms with Gasteiger partial charge in [-0.2, -0.15) is 0 Å². The van der Waals surface area contributed by atoms with Gasteiger partial charge in [-0.25, -0.2) is 13.6 Å². The second kappa shape index (κ2) is 4.36. The van der Waals surface area contributed by atoms with Gasteiger partial charge < -0.3 is 9.63 Å². The monoisotopic (exact) mass is 253 g/mol. The van der Waals surface area contributed by atoms with Gasteiger partial charge in [-0.1, -0.05) is 5.16 Å². The molecule has 0 bridgehead atoms. The summed E-state index contributed by atoms with van der Waals surface area (Å²) in [6.45, 7) is 0. The van der Waals surface area contributed by atoms with E-state index < -0.39 is 23.4 Å². The van der Waals surface area contributed by atoms with E-state index in [9.17, 15) is 18.4 Å². The molecule has 0 amide bonds. The molecule has 0 saturated carbocycles. The topological polar surface area (TPSA) is 80.4 Å². The molecule has 0 unspecified atom stereocenters. The van der Waals surface area contributed by atoms with Gasteiger partial charge in [0.1, 0.15) is 5.69 Å². The first kappa shape index (κ1) is 11.9. The maximum Gasteiger partial charge on any atom is 0.374 e. The minimum absolute atomic E-state index is 0.0415. The van der Waals surface area contributed by atoms with Crippen LogP contribution in [0.2, 0.25) is 0 Å². The van der Waals surface area contributed by atoms with Crippen LogP contribution in [0.4, 0.5) is 8.78 Å². The molecule has 1 aromatic carbocycles. The zero-order valence-electron chi connectivity index (χ0n) is 8.68. The smallest absolute Gasteiger partial charge is 0.374 e. The molecule has 92 valence electrons. The lowest BCUT2D eigenvalue weighted by Gasteiger charge is -2.01. The molecule has 0 aliphatic heterocycles. The molecule has 0 spiro atoms. The van der Waals surface area contributed by atoms with Crippen LogP contribution >= 0.6 is 0 Å². The number of rotatable bonds is 3. The van der Waals surface area contributed by atoms with Crippen LogP contribution in [-0.2, 0) is 0 Å². The Labute approximate surface area is 98.6 Å². The number of carboxylic acid groups (broad SMARTS) is 1. The summed E-state index contributed by atoms with van der Waals surface area (Å²) in [5.74, 6) is -4.17. The van der Waals surface area contributed by atoms with E-state index in [1.807, 2.05) is 0 Å². The molecular weight excluding hydrogens is 248 g/mol. The van der Waals surface area contributed by atoms with Gasteiger partial charge in [-0.3, -0.25) is 4.79 Å². The number of carboxylic acids is 1. The third-order valence-electron chi connectivity index (χ3n) is 2.22. The van der Waals surface area contributed by atoms with E-state index >= 15 is 0 Å². The van der Waals surface area contributed by atoms with Crippen molar-refractivity contribution in [3.05, 3.63) is 41.2 Å². The molecule has 0 fully saturated rings. The summed E-state index contributed by atoms with van der Waals surface area (Å²) in [6.07, 6.45) is 0.312. The number of nitrogens with zero attached hydrogens (tertiary/aromatic N) is 1. The first-order valence-corrected chi connectivity index (χ1v) is 4.67. The number of aromatic nitrogens is 1. The SMILES string of the molecule is O=Cc1cc(F)c(F)cc1-c1cc(C(=O)O)on1. The average Bonchev–Trinajstić information content (AvgIpc) is 2.81. The molecule has 0 radical (unpaired) electrons. The van der Waals surface area contributed by atoms with Gasteiger partial charge in [0.25, 0.3) is 0 Å². The molecule has 1 N–H and O–H groups in total. The molecule has 1 heterocycles. The molecule has 5 nitrogen and oxygen atoms in total. The molecule has 0 atom stereocenters. The lowest BCUT2D eigenvalue weighted by Crippen LogP contribution is -1.94. The molecular formula is C11H5F2NO4. The zero-order valence-corrected chi connectivity index (χ0v) is 8.68. The fourth-order valence-electron chi connectivity index (χ4n) is 1.38. The molecule has 1 aromatic heterocycles. The molecule has 2 rings (SSSR count). The number of halogens is 2. The summed E-state index contributed by atoms with van der Waals surface area (Å²) in [5, 5.41) is 12.0. The van der Waals surface area contributed by atoms with Crippen molar-refractivity contribution in [3.63, 3.8) is 0 Å². The van der Waals surface area contributed by atoms with Crippen LogP contribution < -0.4 is 0 Å². The van der Waals surface area contributed by atoms with E-state index in [0.29, 0.717) is 12.4 Å². The predicted molar refractivity (Wildman–Crippen MR) is 54.2 cm³/mol. The van der Waals surface area contributed by atoms with E-state index in [1.54, 1.807) is 0 Å². The largest absolute Gasteiger partial charge is 0.475 e. The first-order valence-electron chi connectivity index (χ1n) is 4.67. The van der Waals surface area contributed by atoms with Crippen molar-refractivity contribution in [1.29, 1.82) is 0 Å². The number of hydrogen-bond donors (Lipinski definition) is 1. The van der Waals surface area contributed by atoms with E-state index in [0.717, 1.165) is 12.1 Å². The van der Waals surface area contributed by atoms with Crippen LogP contribution in [0, 0.1) is 11.6 Å². The first-order chi connectivity index (χ1) is 8.52. The van der Waals surface area contributed by atoms with Crippen molar-refractivity contribution < 1.29 is 28.0 Å². The Bertz CT molecular complexity index is 636. The van der Waals surface area contributed by atoms with Crippen LogP contribution in [0.25, 0.3) is 11.3 Å². The fourth-order valence-corrected chi connectivity index (χ4v) is 1.38. The summed E-state index contributed by atoms with van der Waals surface area (Å²) in [7, 11) is 0. The van der Waals surface area contributed by atoms with Crippen LogP contribution in [-0.4, -0.2) is 22.5 Å². The van der Waals surface area contributed by atoms with Gasteiger partial charge in [-0.05, 0) is 12.1 Å². The second-order valence-electron chi connectivity index (χ2n) is 3.35. The highest BCUT2D eigenvalue weighted by atomic mass is 19.2. The van der Waals surface area contributed by atoms with E-state index in [4.69, 9.17) is 5.11 Å². The summed E-state index contributed by atoms with van der Waals surface area (Å²) in [5.41, 5.74) is -0.257. The Morgan fingerprint density at radius 2 is 1.94 bits per heavy atom. The minimum atomic E-state index is -1.36. The Balaban J connectivity index is 2.58. The third-order valence-corrected chi connectivity index (χ3v) is 2.22. The number of carbonyl (C=O) groups is 2. The van der Waals surface area contributed by atoms with Gasteiger partial charge >= 0.3 is 5.97 Å². The van der Waals surface area contributed by atoms with Crippen LogP contribution in [0.3, 0.4) is 0 Å². The van der Waals surface area contributed by atoms with Crippen molar-refractivity contribution in [2.75, 3.05) is 0 Å². The molecule has 0 aliphatic rings. The summed E-state index contributed by atoms with van der Waals surface area (Å²) in [6, 6.07) is 2.47. The predicted octanol–water partition coefficient (Wildman–Crippen LogP) is 2.13. The van der Waals surface area contributed by atoms with Gasteiger partial charge in [-0.15, -0.1) is 0 Å². The maximum atomic E-state index is 13.1. The minimum Gasteiger partial charge on any atom is -0.475 e.